The van der Waals surface area contributed by atoms with Crippen LogP contribution >= 0.6 is 0 Å². The molecular formula is C17H21N5O2. The number of benzene rings is 1. The molecule has 3 rings (SSSR count). The molecule has 1 aliphatic heterocycles. The molecule has 7 nitrogen and oxygen atoms in total. The molecule has 2 N–H and O–H groups in total. The van der Waals surface area contributed by atoms with Gasteiger partial charge in [-0.25, -0.2) is 4.68 Å². The molecule has 0 saturated carbocycles. The zero-order chi connectivity index (χ0) is 17.3. The summed E-state index contributed by atoms with van der Waals surface area (Å²) >= 11 is 0. The summed E-state index contributed by atoms with van der Waals surface area (Å²) in [4.78, 5) is 28.5. The maximum Gasteiger partial charge on any atom is 0.252 e. The van der Waals surface area contributed by atoms with Gasteiger partial charge in [0.2, 0.25) is 11.9 Å². The van der Waals surface area contributed by atoms with Crippen molar-refractivity contribution in [3.8, 4) is 0 Å². The van der Waals surface area contributed by atoms with Crippen molar-refractivity contribution in [3.05, 3.63) is 35.7 Å². The number of anilines is 2. The molecule has 2 amide bonds. The maximum absolute atomic E-state index is 12.3. The van der Waals surface area contributed by atoms with Gasteiger partial charge in [0.25, 0.3) is 5.91 Å². The Morgan fingerprint density at radius 3 is 2.67 bits per heavy atom. The van der Waals surface area contributed by atoms with E-state index in [-0.39, 0.29) is 18.2 Å². The molecule has 2 heterocycles. The number of nitrogens with zero attached hydrogens (tertiary/aromatic N) is 3. The summed E-state index contributed by atoms with van der Waals surface area (Å²) < 4.78 is 1.50. The number of nitrogens with one attached hydrogen (secondary N) is 2. The highest BCUT2D eigenvalue weighted by molar-refractivity contribution is 6.00. The highest BCUT2D eigenvalue weighted by Gasteiger charge is 2.34. The summed E-state index contributed by atoms with van der Waals surface area (Å²) in [7, 11) is 0. The fourth-order valence-corrected chi connectivity index (χ4v) is 2.64. The Balaban J connectivity index is 1.67. The molecule has 7 heteroatoms. The van der Waals surface area contributed by atoms with Crippen molar-refractivity contribution in [2.45, 2.75) is 45.6 Å². The van der Waals surface area contributed by atoms with Gasteiger partial charge in [-0.1, -0.05) is 32.9 Å². The number of fused-ring (bicyclic) bond motifs is 1. The average Bonchev–Trinajstić information content (AvgIpc) is 3.06. The monoisotopic (exact) mass is 327 g/mol. The molecule has 0 unspecified atom stereocenters. The molecule has 0 saturated heterocycles. The fraction of sp³-hybridized carbons (Fsp3) is 0.412. The smallest absolute Gasteiger partial charge is 0.252 e. The molecule has 2 aromatic rings. The molecule has 0 bridgehead atoms. The van der Waals surface area contributed by atoms with Crippen molar-refractivity contribution in [1.82, 2.24) is 14.8 Å². The number of aryl methyl sites for hydroxylation is 1. The molecule has 0 aliphatic carbocycles. The summed E-state index contributed by atoms with van der Waals surface area (Å²) in [5.74, 6) is 1.03. The SMILES string of the molecule is CCc1nc2n(n1)[C@H](CC(=O)Nc1ccc(C(C)C)cc1)C(=O)N2. The second-order valence-electron chi connectivity index (χ2n) is 6.18. The van der Waals surface area contributed by atoms with Gasteiger partial charge in [0.15, 0.2) is 5.82 Å². The molecule has 1 aromatic carbocycles. The van der Waals surface area contributed by atoms with Crippen LogP contribution < -0.4 is 10.6 Å². The first-order chi connectivity index (χ1) is 11.5. The lowest BCUT2D eigenvalue weighted by molar-refractivity contribution is -0.123. The van der Waals surface area contributed by atoms with Crippen molar-refractivity contribution in [1.29, 1.82) is 0 Å². The number of rotatable bonds is 5. The van der Waals surface area contributed by atoms with Crippen molar-refractivity contribution in [3.63, 3.8) is 0 Å². The Morgan fingerprint density at radius 1 is 1.33 bits per heavy atom. The molecule has 0 spiro atoms. The number of amides is 2. The Labute approximate surface area is 140 Å². The van der Waals surface area contributed by atoms with Crippen LogP contribution in [0.1, 0.15) is 50.5 Å². The summed E-state index contributed by atoms with van der Waals surface area (Å²) in [6.07, 6.45) is 0.703. The van der Waals surface area contributed by atoms with Crippen LogP contribution in [0.25, 0.3) is 0 Å². The van der Waals surface area contributed by atoms with E-state index in [0.29, 0.717) is 24.1 Å². The van der Waals surface area contributed by atoms with Gasteiger partial charge >= 0.3 is 0 Å². The highest BCUT2D eigenvalue weighted by Crippen LogP contribution is 2.25. The first kappa shape index (κ1) is 16.2. The van der Waals surface area contributed by atoms with E-state index >= 15 is 0 Å². The molecular weight excluding hydrogens is 306 g/mol. The Kier molecular flexibility index (Phi) is 4.33. The lowest BCUT2D eigenvalue weighted by atomic mass is 10.0. The Hall–Kier alpha value is -2.70. The van der Waals surface area contributed by atoms with Gasteiger partial charge in [-0.15, -0.1) is 0 Å². The Bertz CT molecular complexity index is 764. The van der Waals surface area contributed by atoms with Crippen LogP contribution in [0.15, 0.2) is 24.3 Å². The third-order valence-corrected chi connectivity index (χ3v) is 4.06. The van der Waals surface area contributed by atoms with E-state index < -0.39 is 6.04 Å². The summed E-state index contributed by atoms with van der Waals surface area (Å²) in [5, 5.41) is 9.76. The number of hydrogen-bond donors (Lipinski definition) is 2. The molecule has 1 aliphatic rings. The normalized spacial score (nSPS) is 16.2. The second kappa shape index (κ2) is 6.43. The molecule has 0 radical (unpaired) electrons. The van der Waals surface area contributed by atoms with E-state index in [1.165, 1.54) is 10.2 Å². The first-order valence-corrected chi connectivity index (χ1v) is 8.14. The quantitative estimate of drug-likeness (QED) is 0.883. The van der Waals surface area contributed by atoms with E-state index in [1.54, 1.807) is 0 Å². The zero-order valence-electron chi connectivity index (χ0n) is 14.0. The number of carbonyl (C=O) groups excluding carboxylic acids is 2. The fourth-order valence-electron chi connectivity index (χ4n) is 2.64. The number of carbonyl (C=O) groups is 2. The van der Waals surface area contributed by atoms with Gasteiger partial charge < -0.3 is 5.32 Å². The standard InChI is InChI=1S/C17H21N5O2/c1-4-14-19-17-20-16(24)13(22(17)21-14)9-15(23)18-12-7-5-11(6-8-12)10(2)3/h5-8,10,13H,4,9H2,1-3H3,(H,18,23)(H,19,20,21,24)/t13-/m1/s1. The third-order valence-electron chi connectivity index (χ3n) is 4.06. The second-order valence-corrected chi connectivity index (χ2v) is 6.18. The van der Waals surface area contributed by atoms with Crippen LogP contribution in [-0.4, -0.2) is 26.6 Å². The van der Waals surface area contributed by atoms with Crippen molar-refractivity contribution < 1.29 is 9.59 Å². The van der Waals surface area contributed by atoms with Gasteiger partial charge in [0.05, 0.1) is 6.42 Å². The highest BCUT2D eigenvalue weighted by atomic mass is 16.2. The van der Waals surface area contributed by atoms with E-state index in [2.05, 4.69) is 34.6 Å². The largest absolute Gasteiger partial charge is 0.326 e. The predicted molar refractivity (Wildman–Crippen MR) is 90.8 cm³/mol. The van der Waals surface area contributed by atoms with E-state index in [9.17, 15) is 9.59 Å². The minimum atomic E-state index is -0.650. The van der Waals surface area contributed by atoms with Gasteiger partial charge in [-0.2, -0.15) is 10.1 Å². The third kappa shape index (κ3) is 3.15. The summed E-state index contributed by atoms with van der Waals surface area (Å²) in [6, 6.07) is 7.08. The average molecular weight is 327 g/mol. The Morgan fingerprint density at radius 2 is 2.04 bits per heavy atom. The molecule has 126 valence electrons. The van der Waals surface area contributed by atoms with Gasteiger partial charge in [-0.05, 0) is 23.6 Å². The lowest BCUT2D eigenvalue weighted by Crippen LogP contribution is -2.24. The van der Waals surface area contributed by atoms with Gasteiger partial charge in [0, 0.05) is 12.1 Å². The number of hydrogen-bond acceptors (Lipinski definition) is 4. The van der Waals surface area contributed by atoms with Gasteiger partial charge in [0.1, 0.15) is 6.04 Å². The zero-order valence-corrected chi connectivity index (χ0v) is 14.0. The van der Waals surface area contributed by atoms with Crippen LogP contribution in [0.4, 0.5) is 11.6 Å². The van der Waals surface area contributed by atoms with Crippen LogP contribution in [0, 0.1) is 0 Å². The number of aromatic nitrogens is 3. The van der Waals surface area contributed by atoms with Crippen molar-refractivity contribution in [2.24, 2.45) is 0 Å². The van der Waals surface area contributed by atoms with Crippen LogP contribution in [-0.2, 0) is 16.0 Å². The predicted octanol–water partition coefficient (Wildman–Crippen LogP) is 2.49. The van der Waals surface area contributed by atoms with Crippen molar-refractivity contribution in [2.75, 3.05) is 10.6 Å². The van der Waals surface area contributed by atoms with E-state index in [0.717, 1.165) is 5.69 Å². The van der Waals surface area contributed by atoms with Crippen LogP contribution in [0.5, 0.6) is 0 Å². The first-order valence-electron chi connectivity index (χ1n) is 8.14. The molecule has 0 fully saturated rings. The van der Waals surface area contributed by atoms with E-state index in [1.807, 2.05) is 31.2 Å². The molecule has 24 heavy (non-hydrogen) atoms. The topological polar surface area (TPSA) is 88.9 Å². The van der Waals surface area contributed by atoms with E-state index in [4.69, 9.17) is 0 Å². The molecule has 1 atom stereocenters. The maximum atomic E-state index is 12.3. The molecule has 1 aromatic heterocycles. The minimum Gasteiger partial charge on any atom is -0.326 e. The van der Waals surface area contributed by atoms with Crippen LogP contribution in [0.2, 0.25) is 0 Å². The van der Waals surface area contributed by atoms with Crippen LogP contribution in [0.3, 0.4) is 0 Å². The van der Waals surface area contributed by atoms with Gasteiger partial charge in [-0.3, -0.25) is 14.9 Å². The summed E-state index contributed by atoms with van der Waals surface area (Å²) in [6.45, 7) is 6.18. The minimum absolute atomic E-state index is 0.0251. The van der Waals surface area contributed by atoms with Crippen molar-refractivity contribution >= 4 is 23.5 Å². The lowest BCUT2D eigenvalue weighted by Gasteiger charge is -2.11. The summed E-state index contributed by atoms with van der Waals surface area (Å²) in [5.41, 5.74) is 1.93.